The zero-order chi connectivity index (χ0) is 13.8. The Morgan fingerprint density at radius 1 is 1.47 bits per heavy atom. The molecular weight excluding hydrogens is 224 g/mol. The van der Waals surface area contributed by atoms with Crippen molar-refractivity contribution in [2.45, 2.75) is 33.2 Å². The van der Waals surface area contributed by atoms with E-state index in [0.29, 0.717) is 0 Å². The smallest absolute Gasteiger partial charge is 0.260 e. The first-order valence-electron chi connectivity index (χ1n) is 5.28. The van der Waals surface area contributed by atoms with Gasteiger partial charge in [-0.05, 0) is 13.0 Å². The second-order valence-corrected chi connectivity index (χ2v) is 4.59. The van der Waals surface area contributed by atoms with Crippen molar-refractivity contribution in [2.24, 2.45) is 16.3 Å². The summed E-state index contributed by atoms with van der Waals surface area (Å²) in [6, 6.07) is -0.236. The van der Waals surface area contributed by atoms with Crippen molar-refractivity contribution >= 4 is 6.72 Å². The summed E-state index contributed by atoms with van der Waals surface area (Å²) in [5, 5.41) is 5.28. The molecule has 0 spiro atoms. The van der Waals surface area contributed by atoms with E-state index in [1.807, 2.05) is 6.92 Å². The lowest BCUT2D eigenvalue weighted by molar-refractivity contribution is 0.105. The first-order valence-corrected chi connectivity index (χ1v) is 5.28. The lowest BCUT2D eigenvalue weighted by atomic mass is 9.77. The van der Waals surface area contributed by atoms with Crippen LogP contribution < -0.4 is 5.73 Å². The fourth-order valence-electron chi connectivity index (χ4n) is 1.56. The van der Waals surface area contributed by atoms with Gasteiger partial charge >= 0.3 is 0 Å². The fraction of sp³-hybridized carbons (Fsp3) is 0.583. The summed E-state index contributed by atoms with van der Waals surface area (Å²) in [6.45, 7) is 12.1. The van der Waals surface area contributed by atoms with Crippen LogP contribution in [0.5, 0.6) is 0 Å². The summed E-state index contributed by atoms with van der Waals surface area (Å²) in [5.74, 6) is 0. The molecule has 0 aliphatic heterocycles. The Balaban J connectivity index is 5.36. The highest BCUT2D eigenvalue weighted by molar-refractivity contribution is 5.27. The van der Waals surface area contributed by atoms with Crippen LogP contribution in [0.2, 0.25) is 0 Å². The van der Waals surface area contributed by atoms with Crippen LogP contribution in [-0.4, -0.2) is 31.2 Å². The number of hydrogen-bond donors (Lipinski definition) is 1. The Morgan fingerprint density at radius 3 is 2.24 bits per heavy atom. The van der Waals surface area contributed by atoms with E-state index in [0.717, 1.165) is 0 Å². The average Bonchev–Trinajstić information content (AvgIpc) is 2.22. The van der Waals surface area contributed by atoms with E-state index in [1.54, 1.807) is 25.9 Å². The Bertz CT molecular complexity index is 322. The molecule has 0 saturated carbocycles. The molecule has 5 heteroatoms. The SMILES string of the molecule is C=NN(C)[C@H](C)C(C)(C)/C(=C\C(=C)N)C(F)F. The zero-order valence-corrected chi connectivity index (χ0v) is 10.9. The van der Waals surface area contributed by atoms with E-state index in [-0.39, 0.29) is 17.3 Å². The van der Waals surface area contributed by atoms with Crippen LogP contribution in [0.4, 0.5) is 8.78 Å². The molecule has 98 valence electrons. The van der Waals surface area contributed by atoms with Crippen molar-refractivity contribution in [2.75, 3.05) is 7.05 Å². The predicted molar refractivity (Wildman–Crippen MR) is 68.0 cm³/mol. The van der Waals surface area contributed by atoms with Crippen LogP contribution in [0.1, 0.15) is 20.8 Å². The van der Waals surface area contributed by atoms with Crippen LogP contribution in [0.15, 0.2) is 29.0 Å². The highest BCUT2D eigenvalue weighted by Crippen LogP contribution is 2.37. The summed E-state index contributed by atoms with van der Waals surface area (Å²) in [7, 11) is 1.69. The maximum Gasteiger partial charge on any atom is 0.260 e. The molecule has 1 atom stereocenters. The van der Waals surface area contributed by atoms with E-state index < -0.39 is 11.8 Å². The van der Waals surface area contributed by atoms with Gasteiger partial charge in [-0.3, -0.25) is 5.01 Å². The first-order chi connectivity index (χ1) is 7.64. The van der Waals surface area contributed by atoms with E-state index in [9.17, 15) is 8.78 Å². The Morgan fingerprint density at radius 2 is 1.94 bits per heavy atom. The van der Waals surface area contributed by atoms with Crippen LogP contribution in [0.3, 0.4) is 0 Å². The van der Waals surface area contributed by atoms with Crippen molar-refractivity contribution in [3.8, 4) is 0 Å². The van der Waals surface area contributed by atoms with Gasteiger partial charge in [0.1, 0.15) is 0 Å². The van der Waals surface area contributed by atoms with Crippen LogP contribution in [-0.2, 0) is 0 Å². The molecule has 17 heavy (non-hydrogen) atoms. The van der Waals surface area contributed by atoms with Gasteiger partial charge < -0.3 is 5.73 Å². The van der Waals surface area contributed by atoms with E-state index in [2.05, 4.69) is 18.4 Å². The molecule has 3 nitrogen and oxygen atoms in total. The molecule has 2 N–H and O–H groups in total. The molecule has 0 heterocycles. The molecule has 0 aromatic rings. The van der Waals surface area contributed by atoms with Gasteiger partial charge in [-0.1, -0.05) is 20.4 Å². The molecule has 0 bridgehead atoms. The van der Waals surface area contributed by atoms with Crippen LogP contribution >= 0.6 is 0 Å². The maximum absolute atomic E-state index is 13.1. The van der Waals surface area contributed by atoms with Crippen molar-refractivity contribution in [1.82, 2.24) is 5.01 Å². The van der Waals surface area contributed by atoms with Crippen LogP contribution in [0.25, 0.3) is 0 Å². The molecule has 0 radical (unpaired) electrons. The standard InChI is InChI=1S/C12H21F2N3/c1-8(15)7-10(11(13)14)12(3,4)9(2)17(6)16-5/h7,9,11H,1,5,15H2,2-4,6H3/b10-7-/t9-/m1/s1. The van der Waals surface area contributed by atoms with E-state index in [1.165, 1.54) is 6.08 Å². The monoisotopic (exact) mass is 245 g/mol. The number of nitrogens with zero attached hydrogens (tertiary/aromatic N) is 2. The zero-order valence-electron chi connectivity index (χ0n) is 10.9. The van der Waals surface area contributed by atoms with Crippen molar-refractivity contribution in [3.05, 3.63) is 23.9 Å². The lowest BCUT2D eigenvalue weighted by Gasteiger charge is -2.38. The molecule has 0 rings (SSSR count). The summed E-state index contributed by atoms with van der Waals surface area (Å²) in [5.41, 5.74) is 4.67. The number of hydrogen-bond acceptors (Lipinski definition) is 3. The maximum atomic E-state index is 13.1. The Kier molecular flexibility index (Phi) is 5.32. The largest absolute Gasteiger partial charge is 0.399 e. The van der Waals surface area contributed by atoms with Gasteiger partial charge in [-0.2, -0.15) is 5.10 Å². The quantitative estimate of drug-likeness (QED) is 0.444. The predicted octanol–water partition coefficient (Wildman–Crippen LogP) is 2.61. The highest BCUT2D eigenvalue weighted by Gasteiger charge is 2.36. The number of alkyl halides is 2. The minimum atomic E-state index is -2.58. The third-order valence-corrected chi connectivity index (χ3v) is 3.15. The van der Waals surface area contributed by atoms with Gasteiger partial charge in [0.25, 0.3) is 6.43 Å². The molecule has 0 unspecified atom stereocenters. The van der Waals surface area contributed by atoms with E-state index in [4.69, 9.17) is 5.73 Å². The normalized spacial score (nSPS) is 14.6. The van der Waals surface area contributed by atoms with Gasteiger partial charge in [-0.25, -0.2) is 8.78 Å². The number of halogens is 2. The van der Waals surface area contributed by atoms with Crippen molar-refractivity contribution < 1.29 is 8.78 Å². The summed E-state index contributed by atoms with van der Waals surface area (Å²) < 4.78 is 26.1. The minimum absolute atomic E-state index is 0.0481. The second kappa shape index (κ2) is 5.80. The molecule has 0 aromatic heterocycles. The first kappa shape index (κ1) is 15.6. The average molecular weight is 245 g/mol. The minimum Gasteiger partial charge on any atom is -0.399 e. The van der Waals surface area contributed by atoms with Gasteiger partial charge in [-0.15, -0.1) is 0 Å². The molecule has 0 amide bonds. The van der Waals surface area contributed by atoms with Crippen molar-refractivity contribution in [3.63, 3.8) is 0 Å². The molecule has 0 aliphatic carbocycles. The van der Waals surface area contributed by atoms with Crippen LogP contribution in [0, 0.1) is 5.41 Å². The number of nitrogens with two attached hydrogens (primary N) is 1. The lowest BCUT2D eigenvalue weighted by Crippen LogP contribution is -2.41. The van der Waals surface area contributed by atoms with E-state index >= 15 is 0 Å². The van der Waals surface area contributed by atoms with Crippen molar-refractivity contribution in [1.29, 1.82) is 0 Å². The van der Waals surface area contributed by atoms with Gasteiger partial charge in [0.2, 0.25) is 0 Å². The van der Waals surface area contributed by atoms with Gasteiger partial charge in [0.05, 0.1) is 6.04 Å². The molecular formula is C12H21F2N3. The Hall–Kier alpha value is -1.39. The summed E-state index contributed by atoms with van der Waals surface area (Å²) in [4.78, 5) is 0. The number of rotatable bonds is 6. The summed E-state index contributed by atoms with van der Waals surface area (Å²) in [6.07, 6.45) is -1.34. The molecule has 0 aromatic carbocycles. The number of hydrazone groups is 1. The second-order valence-electron chi connectivity index (χ2n) is 4.59. The third kappa shape index (κ3) is 3.84. The fourth-order valence-corrected chi connectivity index (χ4v) is 1.56. The third-order valence-electron chi connectivity index (χ3n) is 3.15. The van der Waals surface area contributed by atoms with Gasteiger partial charge in [0, 0.05) is 30.5 Å². The highest BCUT2D eigenvalue weighted by atomic mass is 19.3. The summed E-state index contributed by atoms with van der Waals surface area (Å²) >= 11 is 0. The molecule has 0 aliphatic rings. The Labute approximate surface area is 102 Å². The molecule has 0 saturated heterocycles. The number of allylic oxidation sites excluding steroid dienone is 1. The topological polar surface area (TPSA) is 41.6 Å². The van der Waals surface area contributed by atoms with Gasteiger partial charge in [0.15, 0.2) is 0 Å². The molecule has 0 fully saturated rings.